The number of nitrogen functional groups attached to an aromatic ring is 1. The number of rotatable bonds is 6. The Morgan fingerprint density at radius 3 is 2.64 bits per heavy atom. The zero-order valence-corrected chi connectivity index (χ0v) is 16.2. The molecule has 0 aliphatic heterocycles. The molecule has 0 aromatic heterocycles. The summed E-state index contributed by atoms with van der Waals surface area (Å²) < 4.78 is 28.5. The van der Waals surface area contributed by atoms with Gasteiger partial charge in [-0.2, -0.15) is 0 Å². The van der Waals surface area contributed by atoms with Crippen LogP contribution in [0.3, 0.4) is 0 Å². The smallest absolute Gasteiger partial charge is 0.407 e. The van der Waals surface area contributed by atoms with Crippen molar-refractivity contribution in [2.75, 3.05) is 18.5 Å². The number of hydrogen-bond donors (Lipinski definition) is 2. The maximum Gasteiger partial charge on any atom is 0.407 e. The number of hydrogen-bond acceptors (Lipinski definition) is 5. The van der Waals surface area contributed by atoms with Gasteiger partial charge in [0.1, 0.15) is 5.60 Å². The van der Waals surface area contributed by atoms with Crippen LogP contribution in [-0.4, -0.2) is 32.9 Å². The molecule has 6 nitrogen and oxygen atoms in total. The van der Waals surface area contributed by atoms with Crippen LogP contribution in [0.2, 0.25) is 0 Å². The van der Waals surface area contributed by atoms with Crippen LogP contribution in [0.5, 0.6) is 0 Å². The lowest BCUT2D eigenvalue weighted by molar-refractivity contribution is 0.0526. The van der Waals surface area contributed by atoms with Crippen molar-refractivity contribution in [1.29, 1.82) is 0 Å². The third-order valence-corrected chi connectivity index (χ3v) is 4.93. The van der Waals surface area contributed by atoms with E-state index >= 15 is 0 Å². The van der Waals surface area contributed by atoms with Crippen molar-refractivity contribution in [3.63, 3.8) is 0 Å². The van der Waals surface area contributed by atoms with E-state index in [1.165, 1.54) is 6.26 Å². The molecule has 0 heterocycles. The second kappa shape index (κ2) is 7.23. The molecule has 1 fully saturated rings. The summed E-state index contributed by atoms with van der Waals surface area (Å²) in [5.41, 5.74) is 7.73. The van der Waals surface area contributed by atoms with E-state index < -0.39 is 21.5 Å². The predicted molar refractivity (Wildman–Crippen MR) is 99.1 cm³/mol. The fraction of sp³-hybridized carbons (Fsp3) is 0.611. The van der Waals surface area contributed by atoms with E-state index in [0.29, 0.717) is 24.1 Å². The Hall–Kier alpha value is -1.76. The maximum absolute atomic E-state index is 11.6. The Morgan fingerprint density at radius 1 is 1.36 bits per heavy atom. The second-order valence-corrected chi connectivity index (χ2v) is 9.99. The molecule has 140 valence electrons. The van der Waals surface area contributed by atoms with E-state index in [2.05, 4.69) is 5.32 Å². The maximum atomic E-state index is 11.6. The van der Waals surface area contributed by atoms with Gasteiger partial charge in [0.15, 0.2) is 9.84 Å². The average Bonchev–Trinajstić information content (AvgIpc) is 3.14. The third-order valence-electron chi connectivity index (χ3n) is 4.09. The second-order valence-electron chi connectivity index (χ2n) is 7.85. The minimum atomic E-state index is -3.11. The summed E-state index contributed by atoms with van der Waals surface area (Å²) in [6, 6.07) is 5.50. The summed E-state index contributed by atoms with van der Waals surface area (Å²) in [6.07, 6.45) is 2.66. The summed E-state index contributed by atoms with van der Waals surface area (Å²) in [5, 5.41) is 2.77. The molecule has 1 saturated carbocycles. The Kier molecular flexibility index (Phi) is 5.66. The van der Waals surface area contributed by atoms with Crippen LogP contribution in [0.15, 0.2) is 18.2 Å². The molecule has 1 aliphatic rings. The van der Waals surface area contributed by atoms with E-state index in [9.17, 15) is 13.2 Å². The van der Waals surface area contributed by atoms with Crippen molar-refractivity contribution in [1.82, 2.24) is 5.32 Å². The molecule has 7 heteroatoms. The first-order chi connectivity index (χ1) is 11.4. The molecule has 2 atom stereocenters. The Balaban J connectivity index is 1.90. The number of amides is 1. The van der Waals surface area contributed by atoms with E-state index in [1.807, 2.05) is 32.9 Å². The highest BCUT2D eigenvalue weighted by Gasteiger charge is 2.39. The van der Waals surface area contributed by atoms with Crippen LogP contribution >= 0.6 is 0 Å². The quantitative estimate of drug-likeness (QED) is 0.752. The zero-order valence-electron chi connectivity index (χ0n) is 15.3. The van der Waals surface area contributed by atoms with Crippen LogP contribution in [0.25, 0.3) is 0 Å². The lowest BCUT2D eigenvalue weighted by Gasteiger charge is -2.19. The predicted octanol–water partition coefficient (Wildman–Crippen LogP) is 2.83. The minimum Gasteiger partial charge on any atom is -0.444 e. The molecule has 1 aromatic rings. The molecule has 1 amide bonds. The van der Waals surface area contributed by atoms with Gasteiger partial charge in [0.25, 0.3) is 0 Å². The first-order valence-electron chi connectivity index (χ1n) is 8.47. The van der Waals surface area contributed by atoms with Gasteiger partial charge in [-0.3, -0.25) is 0 Å². The highest BCUT2D eigenvalue weighted by molar-refractivity contribution is 7.89. The van der Waals surface area contributed by atoms with Crippen LogP contribution in [-0.2, 0) is 20.3 Å². The number of carbonyl (C=O) groups is 1. The van der Waals surface area contributed by atoms with Gasteiger partial charge < -0.3 is 15.8 Å². The van der Waals surface area contributed by atoms with Gasteiger partial charge in [0, 0.05) is 18.5 Å². The molecule has 1 aliphatic carbocycles. The molecule has 2 rings (SSSR count). The largest absolute Gasteiger partial charge is 0.444 e. The molecule has 0 radical (unpaired) electrons. The summed E-state index contributed by atoms with van der Waals surface area (Å²) in [4.78, 5) is 11.6. The van der Waals surface area contributed by atoms with Gasteiger partial charge in [0.2, 0.25) is 0 Å². The summed E-state index contributed by atoms with van der Waals surface area (Å²) >= 11 is 0. The fourth-order valence-electron chi connectivity index (χ4n) is 3.02. The molecule has 0 spiro atoms. The standard InChI is InChI=1S/C18H28N2O4S/c1-18(2,3)24-17(21)20-8-7-12-10-16(12)15-6-5-14(19)9-13(15)11-25(4,22)23/h5-6,9,12,16H,7-8,10-11,19H2,1-4H3,(H,20,21). The van der Waals surface area contributed by atoms with E-state index in [4.69, 9.17) is 10.5 Å². The third kappa shape index (κ3) is 6.57. The van der Waals surface area contributed by atoms with Crippen molar-refractivity contribution < 1.29 is 17.9 Å². The lowest BCUT2D eigenvalue weighted by Crippen LogP contribution is -2.33. The molecular formula is C18H28N2O4S. The first-order valence-corrected chi connectivity index (χ1v) is 10.5. The molecule has 0 saturated heterocycles. The Labute approximate surface area is 150 Å². The molecule has 25 heavy (non-hydrogen) atoms. The van der Waals surface area contributed by atoms with Crippen molar-refractivity contribution in [3.8, 4) is 0 Å². The zero-order chi connectivity index (χ0) is 18.8. The number of sulfone groups is 1. The van der Waals surface area contributed by atoms with Gasteiger partial charge in [-0.25, -0.2) is 13.2 Å². The average molecular weight is 368 g/mol. The number of carbonyl (C=O) groups excluding carboxylic acids is 1. The monoisotopic (exact) mass is 368 g/mol. The Morgan fingerprint density at radius 2 is 2.04 bits per heavy atom. The number of alkyl carbamates (subject to hydrolysis) is 1. The van der Waals surface area contributed by atoms with Crippen LogP contribution in [0.1, 0.15) is 50.7 Å². The molecule has 0 bridgehead atoms. The van der Waals surface area contributed by atoms with E-state index in [1.54, 1.807) is 6.07 Å². The summed E-state index contributed by atoms with van der Waals surface area (Å²) in [6.45, 7) is 6.03. The number of ether oxygens (including phenoxy) is 1. The van der Waals surface area contributed by atoms with Crippen molar-refractivity contribution in [2.45, 2.75) is 50.9 Å². The minimum absolute atomic E-state index is 0.00670. The lowest BCUT2D eigenvalue weighted by atomic mass is 10.0. The van der Waals surface area contributed by atoms with Gasteiger partial charge in [-0.05, 0) is 68.7 Å². The van der Waals surface area contributed by atoms with Crippen LogP contribution < -0.4 is 11.1 Å². The fourth-order valence-corrected chi connectivity index (χ4v) is 3.83. The number of nitrogens with one attached hydrogen (secondary N) is 1. The number of nitrogens with two attached hydrogens (primary N) is 1. The SMILES string of the molecule is CC(C)(C)OC(=O)NCCC1CC1c1ccc(N)cc1CS(C)(=O)=O. The molecule has 3 N–H and O–H groups in total. The molecule has 2 unspecified atom stereocenters. The summed E-state index contributed by atoms with van der Waals surface area (Å²) in [5.74, 6) is 0.780. The van der Waals surface area contributed by atoms with E-state index in [-0.39, 0.29) is 5.75 Å². The number of benzene rings is 1. The number of anilines is 1. The van der Waals surface area contributed by atoms with Gasteiger partial charge in [0.05, 0.1) is 5.75 Å². The van der Waals surface area contributed by atoms with Crippen LogP contribution in [0, 0.1) is 5.92 Å². The van der Waals surface area contributed by atoms with Gasteiger partial charge in [-0.15, -0.1) is 0 Å². The molecular weight excluding hydrogens is 340 g/mol. The van der Waals surface area contributed by atoms with Crippen LogP contribution in [0.4, 0.5) is 10.5 Å². The highest BCUT2D eigenvalue weighted by Crippen LogP contribution is 2.50. The topological polar surface area (TPSA) is 98.5 Å². The summed E-state index contributed by atoms with van der Waals surface area (Å²) in [7, 11) is -3.11. The highest BCUT2D eigenvalue weighted by atomic mass is 32.2. The molecule has 1 aromatic carbocycles. The van der Waals surface area contributed by atoms with Gasteiger partial charge in [-0.1, -0.05) is 6.07 Å². The first kappa shape index (κ1) is 19.6. The normalized spacial score (nSPS) is 20.2. The van der Waals surface area contributed by atoms with E-state index in [0.717, 1.165) is 24.0 Å². The van der Waals surface area contributed by atoms with Gasteiger partial charge >= 0.3 is 6.09 Å². The van der Waals surface area contributed by atoms with Crippen molar-refractivity contribution in [3.05, 3.63) is 29.3 Å². The van der Waals surface area contributed by atoms with Crippen molar-refractivity contribution >= 4 is 21.6 Å². The Bertz CT molecular complexity index is 738. The van der Waals surface area contributed by atoms with Crippen molar-refractivity contribution in [2.24, 2.45) is 5.92 Å².